The van der Waals surface area contributed by atoms with Gasteiger partial charge < -0.3 is 10.1 Å². The van der Waals surface area contributed by atoms with Gasteiger partial charge in [-0.15, -0.1) is 0 Å². The average Bonchev–Trinajstić information content (AvgIpc) is 2.11. The average molecular weight is 236 g/mol. The van der Waals surface area contributed by atoms with E-state index in [0.29, 0.717) is 15.8 Å². The maximum atomic E-state index is 5.83. The standard InChI is InChI=1S/C8H7Cl2NOS/c1-11-8(13)12-7-4-5(9)2-3-6(7)10/h2-4H,1H3,(H,11,13). The van der Waals surface area contributed by atoms with Gasteiger partial charge in [0, 0.05) is 18.1 Å². The highest BCUT2D eigenvalue weighted by Crippen LogP contribution is 2.27. The first-order valence-corrected chi connectivity index (χ1v) is 4.64. The summed E-state index contributed by atoms with van der Waals surface area (Å²) in [6.07, 6.45) is 0. The fourth-order valence-electron chi connectivity index (χ4n) is 0.706. The van der Waals surface area contributed by atoms with Crippen LogP contribution in [-0.4, -0.2) is 12.2 Å². The minimum absolute atomic E-state index is 0.254. The van der Waals surface area contributed by atoms with Crippen LogP contribution in [0.2, 0.25) is 10.0 Å². The number of benzene rings is 1. The van der Waals surface area contributed by atoms with Gasteiger partial charge in [-0.25, -0.2) is 0 Å². The highest BCUT2D eigenvalue weighted by Gasteiger charge is 2.04. The molecule has 0 fully saturated rings. The van der Waals surface area contributed by atoms with Gasteiger partial charge in [-0.05, 0) is 24.4 Å². The van der Waals surface area contributed by atoms with Crippen LogP contribution in [0.25, 0.3) is 0 Å². The molecule has 0 unspecified atom stereocenters. The topological polar surface area (TPSA) is 21.3 Å². The molecule has 13 heavy (non-hydrogen) atoms. The minimum Gasteiger partial charge on any atom is -0.430 e. The number of thiocarbonyl (C=S) groups is 1. The molecular formula is C8H7Cl2NOS. The van der Waals surface area contributed by atoms with Crippen molar-refractivity contribution in [3.05, 3.63) is 28.2 Å². The Bertz CT molecular complexity index is 330. The number of halogens is 2. The first-order valence-electron chi connectivity index (χ1n) is 3.48. The summed E-state index contributed by atoms with van der Waals surface area (Å²) in [5, 5.41) is 3.95. The molecule has 0 aliphatic heterocycles. The first kappa shape index (κ1) is 10.6. The van der Waals surface area contributed by atoms with Crippen molar-refractivity contribution in [2.75, 3.05) is 7.05 Å². The summed E-state index contributed by atoms with van der Waals surface area (Å²) in [5.41, 5.74) is 0. The molecule has 0 atom stereocenters. The van der Waals surface area contributed by atoms with Gasteiger partial charge in [-0.1, -0.05) is 23.2 Å². The largest absolute Gasteiger partial charge is 0.430 e. The summed E-state index contributed by atoms with van der Waals surface area (Å²) in [6, 6.07) is 4.93. The lowest BCUT2D eigenvalue weighted by molar-refractivity contribution is 0.542. The van der Waals surface area contributed by atoms with E-state index in [1.54, 1.807) is 25.2 Å². The van der Waals surface area contributed by atoms with Gasteiger partial charge in [-0.3, -0.25) is 0 Å². The molecule has 0 saturated heterocycles. The SMILES string of the molecule is CNC(=S)Oc1cc(Cl)ccc1Cl. The van der Waals surface area contributed by atoms with E-state index in [1.165, 1.54) is 0 Å². The molecule has 0 bridgehead atoms. The van der Waals surface area contributed by atoms with Crippen LogP contribution in [0.1, 0.15) is 0 Å². The molecule has 0 spiro atoms. The third kappa shape index (κ3) is 3.03. The Hall–Kier alpha value is -0.510. The number of ether oxygens (including phenoxy) is 1. The fraction of sp³-hybridized carbons (Fsp3) is 0.125. The van der Waals surface area contributed by atoms with Gasteiger partial charge in [0.05, 0.1) is 5.02 Å². The third-order valence-corrected chi connectivity index (χ3v) is 2.13. The number of hydrogen-bond donors (Lipinski definition) is 1. The lowest BCUT2D eigenvalue weighted by Crippen LogP contribution is -2.21. The second kappa shape index (κ2) is 4.65. The lowest BCUT2D eigenvalue weighted by atomic mass is 10.3. The Morgan fingerprint density at radius 1 is 1.46 bits per heavy atom. The maximum absolute atomic E-state index is 5.83. The molecule has 0 amide bonds. The van der Waals surface area contributed by atoms with Crippen molar-refractivity contribution in [2.45, 2.75) is 0 Å². The van der Waals surface area contributed by atoms with E-state index in [1.807, 2.05) is 0 Å². The van der Waals surface area contributed by atoms with Crippen LogP contribution in [0.5, 0.6) is 5.75 Å². The Morgan fingerprint density at radius 3 is 2.77 bits per heavy atom. The van der Waals surface area contributed by atoms with Crippen molar-refractivity contribution in [3.63, 3.8) is 0 Å². The lowest BCUT2D eigenvalue weighted by Gasteiger charge is -2.07. The van der Waals surface area contributed by atoms with Crippen molar-refractivity contribution in [1.29, 1.82) is 0 Å². The zero-order valence-electron chi connectivity index (χ0n) is 6.80. The second-order valence-corrected chi connectivity index (χ2v) is 3.43. The second-order valence-electron chi connectivity index (χ2n) is 2.21. The molecule has 1 aromatic rings. The normalized spacial score (nSPS) is 9.46. The molecule has 5 heteroatoms. The molecule has 1 N–H and O–H groups in total. The molecule has 1 aromatic carbocycles. The summed E-state index contributed by atoms with van der Waals surface area (Å²) in [6.45, 7) is 0. The smallest absolute Gasteiger partial charge is 0.261 e. The van der Waals surface area contributed by atoms with Gasteiger partial charge in [0.25, 0.3) is 5.17 Å². The summed E-state index contributed by atoms with van der Waals surface area (Å²) >= 11 is 16.4. The zero-order valence-corrected chi connectivity index (χ0v) is 9.13. The number of nitrogens with one attached hydrogen (secondary N) is 1. The maximum Gasteiger partial charge on any atom is 0.261 e. The summed E-state index contributed by atoms with van der Waals surface area (Å²) in [5.74, 6) is 0.452. The molecule has 0 heterocycles. The van der Waals surface area contributed by atoms with Crippen LogP contribution in [0, 0.1) is 0 Å². The monoisotopic (exact) mass is 235 g/mol. The molecule has 0 radical (unpaired) electrons. The minimum atomic E-state index is 0.254. The van der Waals surface area contributed by atoms with Crippen molar-refractivity contribution in [1.82, 2.24) is 5.32 Å². The predicted octanol–water partition coefficient (Wildman–Crippen LogP) is 2.88. The number of rotatable bonds is 1. The fourth-order valence-corrected chi connectivity index (χ4v) is 1.11. The molecule has 0 aliphatic carbocycles. The van der Waals surface area contributed by atoms with E-state index in [9.17, 15) is 0 Å². The third-order valence-electron chi connectivity index (χ3n) is 1.30. The van der Waals surface area contributed by atoms with Gasteiger partial charge >= 0.3 is 0 Å². The van der Waals surface area contributed by atoms with Crippen molar-refractivity contribution in [2.24, 2.45) is 0 Å². The molecule has 70 valence electrons. The predicted molar refractivity (Wildman–Crippen MR) is 58.7 cm³/mol. The Morgan fingerprint density at radius 2 is 2.15 bits per heavy atom. The quantitative estimate of drug-likeness (QED) is 0.757. The zero-order chi connectivity index (χ0) is 9.84. The van der Waals surface area contributed by atoms with Crippen molar-refractivity contribution in [3.8, 4) is 5.75 Å². The first-order chi connectivity index (χ1) is 6.13. The molecule has 0 saturated carbocycles. The van der Waals surface area contributed by atoms with E-state index in [-0.39, 0.29) is 5.17 Å². The van der Waals surface area contributed by atoms with Crippen LogP contribution < -0.4 is 10.1 Å². The van der Waals surface area contributed by atoms with E-state index < -0.39 is 0 Å². The van der Waals surface area contributed by atoms with E-state index >= 15 is 0 Å². The van der Waals surface area contributed by atoms with Gasteiger partial charge in [0.1, 0.15) is 5.75 Å². The van der Waals surface area contributed by atoms with Crippen LogP contribution in [-0.2, 0) is 0 Å². The van der Waals surface area contributed by atoms with Crippen molar-refractivity contribution >= 4 is 40.6 Å². The van der Waals surface area contributed by atoms with E-state index in [2.05, 4.69) is 5.32 Å². The molecule has 1 rings (SSSR count). The van der Waals surface area contributed by atoms with Crippen LogP contribution in [0.4, 0.5) is 0 Å². The van der Waals surface area contributed by atoms with Crippen LogP contribution in [0.15, 0.2) is 18.2 Å². The summed E-state index contributed by atoms with van der Waals surface area (Å²) in [4.78, 5) is 0. The highest BCUT2D eigenvalue weighted by molar-refractivity contribution is 7.80. The Balaban J connectivity index is 2.87. The van der Waals surface area contributed by atoms with E-state index in [0.717, 1.165) is 0 Å². The van der Waals surface area contributed by atoms with Crippen LogP contribution in [0.3, 0.4) is 0 Å². The molecule has 0 aromatic heterocycles. The highest BCUT2D eigenvalue weighted by atomic mass is 35.5. The Labute approximate surface area is 91.8 Å². The Kier molecular flexibility index (Phi) is 3.78. The molecule has 0 aliphatic rings. The van der Waals surface area contributed by atoms with Gasteiger partial charge in [0.2, 0.25) is 0 Å². The summed E-state index contributed by atoms with van der Waals surface area (Å²) in [7, 11) is 1.67. The van der Waals surface area contributed by atoms with Gasteiger partial charge in [-0.2, -0.15) is 0 Å². The molecular weight excluding hydrogens is 229 g/mol. The van der Waals surface area contributed by atoms with E-state index in [4.69, 9.17) is 40.2 Å². The summed E-state index contributed by atoms with van der Waals surface area (Å²) < 4.78 is 5.18. The van der Waals surface area contributed by atoms with Crippen LogP contribution >= 0.6 is 35.4 Å². The molecule has 2 nitrogen and oxygen atoms in total. The number of hydrogen-bond acceptors (Lipinski definition) is 2. The van der Waals surface area contributed by atoms with Gasteiger partial charge in [0.15, 0.2) is 0 Å². The van der Waals surface area contributed by atoms with Crippen molar-refractivity contribution < 1.29 is 4.74 Å².